The van der Waals surface area contributed by atoms with Crippen molar-refractivity contribution in [2.45, 2.75) is 19.9 Å². The molecule has 1 aromatic heterocycles. The number of hydrogen-bond acceptors (Lipinski definition) is 6. The van der Waals surface area contributed by atoms with Gasteiger partial charge in [-0.25, -0.2) is 9.78 Å². The quantitative estimate of drug-likeness (QED) is 0.568. The maximum atomic E-state index is 11.2. The summed E-state index contributed by atoms with van der Waals surface area (Å²) in [5.41, 5.74) is 4.32. The van der Waals surface area contributed by atoms with Crippen molar-refractivity contribution in [2.75, 3.05) is 11.4 Å². The maximum absolute atomic E-state index is 11.2. The molecule has 3 N–H and O–H groups in total. The van der Waals surface area contributed by atoms with Crippen molar-refractivity contribution in [3.05, 3.63) is 27.9 Å². The van der Waals surface area contributed by atoms with Crippen LogP contribution >= 0.6 is 0 Å². The van der Waals surface area contributed by atoms with E-state index >= 15 is 0 Å². The van der Waals surface area contributed by atoms with E-state index in [4.69, 9.17) is 10.8 Å². The fraction of sp³-hybridized carbons (Fsp3) is 0.364. The third-order valence-electron chi connectivity index (χ3n) is 2.52. The van der Waals surface area contributed by atoms with Crippen LogP contribution in [-0.2, 0) is 4.79 Å². The van der Waals surface area contributed by atoms with Crippen LogP contribution in [0.1, 0.15) is 24.2 Å². The van der Waals surface area contributed by atoms with Crippen molar-refractivity contribution >= 4 is 23.4 Å². The molecule has 0 aliphatic heterocycles. The van der Waals surface area contributed by atoms with Crippen LogP contribution in [0.3, 0.4) is 0 Å². The van der Waals surface area contributed by atoms with Gasteiger partial charge in [-0.1, -0.05) is 0 Å². The number of nitro groups is 1. The Kier molecular flexibility index (Phi) is 4.57. The number of primary amides is 1. The number of carboxylic acid groups (broad SMARTS) is 1. The molecule has 108 valence electrons. The Morgan fingerprint density at radius 2 is 2.15 bits per heavy atom. The minimum atomic E-state index is -1.37. The lowest BCUT2D eigenvalue weighted by Crippen LogP contribution is -2.40. The molecule has 0 aliphatic rings. The number of aromatic carboxylic acids is 1. The summed E-state index contributed by atoms with van der Waals surface area (Å²) < 4.78 is 0. The second kappa shape index (κ2) is 5.95. The molecule has 0 radical (unpaired) electrons. The average molecular weight is 282 g/mol. The van der Waals surface area contributed by atoms with Gasteiger partial charge in [0, 0.05) is 12.1 Å². The summed E-state index contributed by atoms with van der Waals surface area (Å²) in [5.74, 6) is -2.06. The molecular weight excluding hydrogens is 268 g/mol. The molecule has 1 heterocycles. The molecule has 0 bridgehead atoms. The number of anilines is 1. The van der Waals surface area contributed by atoms with Crippen molar-refractivity contribution in [2.24, 2.45) is 5.73 Å². The summed E-state index contributed by atoms with van der Waals surface area (Å²) in [7, 11) is 0. The number of carboxylic acids is 1. The number of aromatic nitrogens is 1. The van der Waals surface area contributed by atoms with E-state index in [2.05, 4.69) is 4.98 Å². The van der Waals surface area contributed by atoms with E-state index in [0.717, 1.165) is 12.3 Å². The number of carbonyl (C=O) groups is 2. The van der Waals surface area contributed by atoms with Gasteiger partial charge in [0.1, 0.15) is 17.6 Å². The SMILES string of the molecule is CC(C)N(CC(N)=O)c1ncc([N+](=O)[O-])cc1C(=O)O. The Hall–Kier alpha value is -2.71. The zero-order valence-electron chi connectivity index (χ0n) is 10.9. The third kappa shape index (κ3) is 3.40. The van der Waals surface area contributed by atoms with Gasteiger partial charge in [-0.3, -0.25) is 14.9 Å². The summed E-state index contributed by atoms with van der Waals surface area (Å²) in [5, 5.41) is 19.8. The van der Waals surface area contributed by atoms with Crippen LogP contribution in [0.5, 0.6) is 0 Å². The van der Waals surface area contributed by atoms with Gasteiger partial charge in [0.2, 0.25) is 5.91 Å². The second-order valence-corrected chi connectivity index (χ2v) is 4.31. The minimum absolute atomic E-state index is 0.0306. The Balaban J connectivity index is 3.37. The molecule has 0 saturated heterocycles. The van der Waals surface area contributed by atoms with Crippen LogP contribution in [0.25, 0.3) is 0 Å². The lowest BCUT2D eigenvalue weighted by atomic mass is 10.2. The molecule has 0 spiro atoms. The highest BCUT2D eigenvalue weighted by Crippen LogP contribution is 2.24. The maximum Gasteiger partial charge on any atom is 0.339 e. The van der Waals surface area contributed by atoms with E-state index in [1.165, 1.54) is 4.90 Å². The number of nitrogens with two attached hydrogens (primary N) is 1. The van der Waals surface area contributed by atoms with E-state index in [0.29, 0.717) is 0 Å². The lowest BCUT2D eigenvalue weighted by Gasteiger charge is -2.27. The van der Waals surface area contributed by atoms with E-state index in [-0.39, 0.29) is 24.0 Å². The average Bonchev–Trinajstić information content (AvgIpc) is 2.34. The highest BCUT2D eigenvalue weighted by atomic mass is 16.6. The van der Waals surface area contributed by atoms with Crippen molar-refractivity contribution in [3.63, 3.8) is 0 Å². The molecule has 0 aliphatic carbocycles. The monoisotopic (exact) mass is 282 g/mol. The van der Waals surface area contributed by atoms with E-state index in [9.17, 15) is 19.7 Å². The fourth-order valence-corrected chi connectivity index (χ4v) is 1.60. The molecule has 1 amide bonds. The second-order valence-electron chi connectivity index (χ2n) is 4.31. The number of nitrogens with zero attached hydrogens (tertiary/aromatic N) is 3. The van der Waals surface area contributed by atoms with Gasteiger partial charge in [0.15, 0.2) is 0 Å². The zero-order chi connectivity index (χ0) is 15.4. The van der Waals surface area contributed by atoms with Crippen molar-refractivity contribution in [3.8, 4) is 0 Å². The molecule has 0 aromatic carbocycles. The normalized spacial score (nSPS) is 10.3. The molecular formula is C11H14N4O5. The number of hydrogen-bond donors (Lipinski definition) is 2. The Morgan fingerprint density at radius 3 is 2.55 bits per heavy atom. The van der Waals surface area contributed by atoms with Gasteiger partial charge in [-0.2, -0.15) is 0 Å². The smallest absolute Gasteiger partial charge is 0.339 e. The predicted octanol–water partition coefficient (Wildman–Crippen LogP) is 0.388. The number of pyridine rings is 1. The van der Waals surface area contributed by atoms with Crippen LogP contribution in [0.15, 0.2) is 12.3 Å². The molecule has 0 atom stereocenters. The van der Waals surface area contributed by atoms with Gasteiger partial charge >= 0.3 is 5.97 Å². The molecule has 9 nitrogen and oxygen atoms in total. The fourth-order valence-electron chi connectivity index (χ4n) is 1.60. The first kappa shape index (κ1) is 15.3. The van der Waals surface area contributed by atoms with E-state index in [1.54, 1.807) is 13.8 Å². The molecule has 1 rings (SSSR count). The van der Waals surface area contributed by atoms with Crippen LogP contribution < -0.4 is 10.6 Å². The molecule has 0 unspecified atom stereocenters. The van der Waals surface area contributed by atoms with Crippen LogP contribution in [0.2, 0.25) is 0 Å². The predicted molar refractivity (Wildman–Crippen MR) is 69.5 cm³/mol. The van der Waals surface area contributed by atoms with Crippen molar-refractivity contribution in [1.82, 2.24) is 4.98 Å². The first-order valence-corrected chi connectivity index (χ1v) is 5.66. The Bertz CT molecular complexity index is 558. The highest BCUT2D eigenvalue weighted by Gasteiger charge is 2.24. The number of amides is 1. The molecule has 0 fully saturated rings. The van der Waals surface area contributed by atoms with Crippen molar-refractivity contribution < 1.29 is 19.6 Å². The first-order valence-electron chi connectivity index (χ1n) is 5.66. The largest absolute Gasteiger partial charge is 0.478 e. The van der Waals surface area contributed by atoms with Crippen LogP contribution in [0.4, 0.5) is 11.5 Å². The summed E-state index contributed by atoms with van der Waals surface area (Å²) in [6.07, 6.45) is 0.943. The van der Waals surface area contributed by atoms with Gasteiger partial charge < -0.3 is 15.7 Å². The van der Waals surface area contributed by atoms with Crippen LogP contribution in [0, 0.1) is 10.1 Å². The Morgan fingerprint density at radius 1 is 1.55 bits per heavy atom. The third-order valence-corrected chi connectivity index (χ3v) is 2.52. The molecule has 9 heteroatoms. The van der Waals surface area contributed by atoms with E-state index < -0.39 is 22.5 Å². The molecule has 20 heavy (non-hydrogen) atoms. The summed E-state index contributed by atoms with van der Waals surface area (Å²) in [6.45, 7) is 3.21. The molecule has 0 saturated carbocycles. The standard InChI is InChI=1S/C11H14N4O5/c1-6(2)14(5-9(12)16)10-8(11(17)18)3-7(4-13-10)15(19)20/h3-4,6H,5H2,1-2H3,(H2,12,16)(H,17,18). The highest BCUT2D eigenvalue weighted by molar-refractivity contribution is 5.95. The summed E-state index contributed by atoms with van der Waals surface area (Å²) >= 11 is 0. The lowest BCUT2D eigenvalue weighted by molar-refractivity contribution is -0.385. The van der Waals surface area contributed by atoms with Crippen molar-refractivity contribution in [1.29, 1.82) is 0 Å². The van der Waals surface area contributed by atoms with Gasteiger partial charge in [-0.15, -0.1) is 0 Å². The first-order chi connectivity index (χ1) is 9.23. The zero-order valence-corrected chi connectivity index (χ0v) is 10.9. The van der Waals surface area contributed by atoms with Gasteiger partial charge in [-0.05, 0) is 13.8 Å². The van der Waals surface area contributed by atoms with E-state index in [1.807, 2.05) is 0 Å². The van der Waals surface area contributed by atoms with Gasteiger partial charge in [0.05, 0.1) is 11.5 Å². The topological polar surface area (TPSA) is 140 Å². The van der Waals surface area contributed by atoms with Crippen LogP contribution in [-0.4, -0.2) is 39.5 Å². The van der Waals surface area contributed by atoms with Gasteiger partial charge in [0.25, 0.3) is 5.69 Å². The Labute approximate surface area is 114 Å². The minimum Gasteiger partial charge on any atom is -0.478 e. The number of rotatable bonds is 6. The summed E-state index contributed by atoms with van der Waals surface area (Å²) in [4.78, 5) is 37.3. The summed E-state index contributed by atoms with van der Waals surface area (Å²) in [6, 6.07) is 0.649. The number of carbonyl (C=O) groups excluding carboxylic acids is 1. The molecule has 1 aromatic rings.